The number of carbonyl (C=O) groups excluding carboxylic acids is 2. The Kier molecular flexibility index (Phi) is 6.54. The Balaban J connectivity index is 2.00. The lowest BCUT2D eigenvalue weighted by Gasteiger charge is -2.14. The molecule has 0 unspecified atom stereocenters. The Morgan fingerprint density at radius 2 is 1.68 bits per heavy atom. The fourth-order valence-electron chi connectivity index (χ4n) is 2.68. The Morgan fingerprint density at radius 1 is 0.964 bits per heavy atom. The molecule has 28 heavy (non-hydrogen) atoms. The summed E-state index contributed by atoms with van der Waals surface area (Å²) < 4.78 is 6.68. The Hall–Kier alpha value is -2.15. The zero-order valence-electron chi connectivity index (χ0n) is 14.6. The lowest BCUT2D eigenvalue weighted by molar-refractivity contribution is 0.102. The molecule has 0 heterocycles. The molecule has 3 aromatic carbocycles. The predicted octanol–water partition coefficient (Wildman–Crippen LogP) is 6.36. The highest BCUT2D eigenvalue weighted by molar-refractivity contribution is 9.11. The van der Waals surface area contributed by atoms with Crippen LogP contribution in [0.5, 0.6) is 5.75 Å². The minimum atomic E-state index is -0.414. The lowest BCUT2D eigenvalue weighted by atomic mass is 10.0. The first-order valence-corrected chi connectivity index (χ1v) is 10.1. The summed E-state index contributed by atoms with van der Waals surface area (Å²) in [5, 5.41) is 3.20. The third kappa shape index (κ3) is 4.46. The fraction of sp³-hybridized carbons (Fsp3) is 0.0476. The van der Waals surface area contributed by atoms with Crippen molar-refractivity contribution in [3.8, 4) is 5.75 Å². The highest BCUT2D eigenvalue weighted by atomic mass is 79.9. The number of rotatable bonds is 5. The first-order chi connectivity index (χ1) is 13.4. The van der Waals surface area contributed by atoms with E-state index in [2.05, 4.69) is 37.2 Å². The number of nitrogens with one attached hydrogen (secondary N) is 1. The molecule has 0 aliphatic heterocycles. The normalized spacial score (nSPS) is 10.4. The molecule has 0 fully saturated rings. The first kappa shape index (κ1) is 20.6. The average molecular weight is 524 g/mol. The van der Waals surface area contributed by atoms with E-state index in [1.54, 1.807) is 54.6 Å². The van der Waals surface area contributed by atoms with Gasteiger partial charge in [-0.05, 0) is 46.3 Å². The number of methoxy groups -OCH3 is 1. The van der Waals surface area contributed by atoms with E-state index in [1.807, 2.05) is 6.07 Å². The van der Waals surface area contributed by atoms with Crippen LogP contribution in [0, 0.1) is 0 Å². The van der Waals surface area contributed by atoms with Crippen molar-refractivity contribution >= 4 is 60.8 Å². The number of halogens is 3. The smallest absolute Gasteiger partial charge is 0.259 e. The van der Waals surface area contributed by atoms with Crippen LogP contribution in [0.3, 0.4) is 0 Å². The van der Waals surface area contributed by atoms with Crippen molar-refractivity contribution in [3.05, 3.63) is 91.3 Å². The van der Waals surface area contributed by atoms with Crippen molar-refractivity contribution in [2.45, 2.75) is 0 Å². The molecule has 3 rings (SSSR count). The summed E-state index contributed by atoms with van der Waals surface area (Å²) in [6.07, 6.45) is 0. The summed E-state index contributed by atoms with van der Waals surface area (Å²) in [6, 6.07) is 17.0. The number of ether oxygens (including phenoxy) is 1. The molecule has 0 saturated carbocycles. The van der Waals surface area contributed by atoms with Crippen LogP contribution in [0.15, 0.2) is 69.6 Å². The summed E-state index contributed by atoms with van der Waals surface area (Å²) in [4.78, 5) is 25.8. The number of carbonyl (C=O) groups is 2. The summed E-state index contributed by atoms with van der Waals surface area (Å²) in [5.41, 5.74) is 1.49. The van der Waals surface area contributed by atoms with Crippen molar-refractivity contribution in [1.82, 2.24) is 0 Å². The Bertz CT molecular complexity index is 1060. The molecule has 0 bridgehead atoms. The molecule has 1 amide bonds. The molecule has 142 valence electrons. The van der Waals surface area contributed by atoms with E-state index in [-0.39, 0.29) is 5.78 Å². The van der Waals surface area contributed by atoms with E-state index < -0.39 is 5.91 Å². The standard InChI is InChI=1S/C21H14Br2ClNO3/c1-28-20-16(9-13(22)10-17(20)23)21(27)25-18-8-7-14(24)11-15(18)19(26)12-5-3-2-4-6-12/h2-11H,1H3,(H,25,27). The molecular formula is C21H14Br2ClNO3. The molecule has 0 saturated heterocycles. The quantitative estimate of drug-likeness (QED) is 0.396. The van der Waals surface area contributed by atoms with Gasteiger partial charge in [-0.3, -0.25) is 9.59 Å². The van der Waals surface area contributed by atoms with E-state index in [1.165, 1.54) is 7.11 Å². The van der Waals surface area contributed by atoms with Crippen LogP contribution in [0.4, 0.5) is 5.69 Å². The van der Waals surface area contributed by atoms with Crippen molar-refractivity contribution < 1.29 is 14.3 Å². The van der Waals surface area contributed by atoms with Gasteiger partial charge in [-0.1, -0.05) is 57.9 Å². The molecule has 0 aliphatic rings. The van der Waals surface area contributed by atoms with E-state index in [4.69, 9.17) is 16.3 Å². The second-order valence-corrected chi connectivity index (χ2v) is 8.01. The van der Waals surface area contributed by atoms with Gasteiger partial charge in [-0.15, -0.1) is 0 Å². The third-order valence-corrected chi connectivity index (χ3v) is 5.25. The van der Waals surface area contributed by atoms with Gasteiger partial charge in [0.2, 0.25) is 0 Å². The van der Waals surface area contributed by atoms with Gasteiger partial charge in [0, 0.05) is 20.6 Å². The summed E-state index contributed by atoms with van der Waals surface area (Å²) in [5.74, 6) is -0.255. The first-order valence-electron chi connectivity index (χ1n) is 8.14. The van der Waals surface area contributed by atoms with Crippen molar-refractivity contribution in [3.63, 3.8) is 0 Å². The molecule has 4 nitrogen and oxygen atoms in total. The monoisotopic (exact) mass is 521 g/mol. The lowest BCUT2D eigenvalue weighted by Crippen LogP contribution is -2.16. The maximum atomic E-state index is 12.9. The molecule has 0 radical (unpaired) electrons. The SMILES string of the molecule is COc1c(Br)cc(Br)cc1C(=O)Nc1ccc(Cl)cc1C(=O)c1ccccc1. The zero-order valence-corrected chi connectivity index (χ0v) is 18.6. The van der Waals surface area contributed by atoms with Gasteiger partial charge in [0.15, 0.2) is 5.78 Å². The Morgan fingerprint density at radius 3 is 2.36 bits per heavy atom. The molecule has 0 aliphatic carbocycles. The molecule has 7 heteroatoms. The molecular weight excluding hydrogens is 509 g/mol. The van der Waals surface area contributed by atoms with Crippen LogP contribution < -0.4 is 10.1 Å². The predicted molar refractivity (Wildman–Crippen MR) is 118 cm³/mol. The van der Waals surface area contributed by atoms with Crippen molar-refractivity contribution in [2.75, 3.05) is 12.4 Å². The maximum absolute atomic E-state index is 12.9. The van der Waals surface area contributed by atoms with E-state index in [0.29, 0.717) is 42.1 Å². The maximum Gasteiger partial charge on any atom is 0.259 e. The number of benzene rings is 3. The number of hydrogen-bond acceptors (Lipinski definition) is 3. The third-order valence-electron chi connectivity index (χ3n) is 3.97. The van der Waals surface area contributed by atoms with Crippen LogP contribution in [0.25, 0.3) is 0 Å². The highest BCUT2D eigenvalue weighted by Crippen LogP contribution is 2.33. The average Bonchev–Trinajstić information content (AvgIpc) is 2.68. The van der Waals surface area contributed by atoms with Crippen LogP contribution in [-0.2, 0) is 0 Å². The van der Waals surface area contributed by atoms with Gasteiger partial charge in [0.25, 0.3) is 5.91 Å². The minimum absolute atomic E-state index is 0.235. The summed E-state index contributed by atoms with van der Waals surface area (Å²) in [7, 11) is 1.48. The van der Waals surface area contributed by atoms with Crippen molar-refractivity contribution in [2.24, 2.45) is 0 Å². The molecule has 3 aromatic rings. The molecule has 0 aromatic heterocycles. The summed E-state index contributed by atoms with van der Waals surface area (Å²) >= 11 is 12.8. The molecule has 0 atom stereocenters. The largest absolute Gasteiger partial charge is 0.495 e. The number of hydrogen-bond donors (Lipinski definition) is 1. The second-order valence-electron chi connectivity index (χ2n) is 5.81. The number of amides is 1. The van der Waals surface area contributed by atoms with Gasteiger partial charge < -0.3 is 10.1 Å². The minimum Gasteiger partial charge on any atom is -0.495 e. The van der Waals surface area contributed by atoms with Crippen molar-refractivity contribution in [1.29, 1.82) is 0 Å². The van der Waals surface area contributed by atoms with E-state index >= 15 is 0 Å². The van der Waals surface area contributed by atoms with Crippen LogP contribution >= 0.6 is 43.5 Å². The zero-order chi connectivity index (χ0) is 20.3. The van der Waals surface area contributed by atoms with Crippen LogP contribution in [0.2, 0.25) is 5.02 Å². The van der Waals surface area contributed by atoms with Crippen LogP contribution in [0.1, 0.15) is 26.3 Å². The molecule has 1 N–H and O–H groups in total. The fourth-order valence-corrected chi connectivity index (χ4v) is 4.24. The Labute approximate surface area is 184 Å². The van der Waals surface area contributed by atoms with Gasteiger partial charge in [-0.2, -0.15) is 0 Å². The highest BCUT2D eigenvalue weighted by Gasteiger charge is 2.20. The molecule has 0 spiro atoms. The van der Waals surface area contributed by atoms with Gasteiger partial charge in [-0.25, -0.2) is 0 Å². The van der Waals surface area contributed by atoms with Gasteiger partial charge in [0.05, 0.1) is 22.8 Å². The van der Waals surface area contributed by atoms with E-state index in [0.717, 1.165) is 0 Å². The van der Waals surface area contributed by atoms with Crippen LogP contribution in [-0.4, -0.2) is 18.8 Å². The van der Waals surface area contributed by atoms with Gasteiger partial charge in [0.1, 0.15) is 5.75 Å². The second kappa shape index (κ2) is 8.90. The summed E-state index contributed by atoms with van der Waals surface area (Å²) in [6.45, 7) is 0. The number of ketones is 1. The van der Waals surface area contributed by atoms with Gasteiger partial charge >= 0.3 is 0 Å². The number of anilines is 1. The topological polar surface area (TPSA) is 55.4 Å². The van der Waals surface area contributed by atoms with E-state index in [9.17, 15) is 9.59 Å².